The molecule has 0 aliphatic carbocycles. The summed E-state index contributed by atoms with van der Waals surface area (Å²) in [5.74, 6) is 0.885. The monoisotopic (exact) mass is 325 g/mol. The van der Waals surface area contributed by atoms with Gasteiger partial charge < -0.3 is 10.2 Å². The summed E-state index contributed by atoms with van der Waals surface area (Å²) < 4.78 is 0. The van der Waals surface area contributed by atoms with Gasteiger partial charge in [0.2, 0.25) is 0 Å². The largest absolute Gasteiger partial charge is 0.336 e. The van der Waals surface area contributed by atoms with Crippen molar-refractivity contribution in [3.05, 3.63) is 35.8 Å². The minimum absolute atomic E-state index is 0.00621. The van der Waals surface area contributed by atoms with Crippen molar-refractivity contribution in [1.29, 1.82) is 0 Å². The van der Waals surface area contributed by atoms with Gasteiger partial charge in [-0.05, 0) is 25.8 Å². The number of likely N-dealkylation sites (N-methyl/N-ethyl adjacent to an activating group) is 1. The molecule has 2 fully saturated rings. The molecule has 0 saturated carbocycles. The maximum absolute atomic E-state index is 11.8. The van der Waals surface area contributed by atoms with Crippen LogP contribution in [0.2, 0.25) is 0 Å². The summed E-state index contributed by atoms with van der Waals surface area (Å²) in [6.07, 6.45) is 1.99. The summed E-state index contributed by atoms with van der Waals surface area (Å²) in [5.41, 5.74) is 2.04. The number of piperidine rings is 1. The van der Waals surface area contributed by atoms with E-state index in [0.717, 1.165) is 61.4 Å². The number of hydrogen-bond donors (Lipinski definition) is 1. The van der Waals surface area contributed by atoms with Crippen molar-refractivity contribution in [2.45, 2.75) is 31.8 Å². The van der Waals surface area contributed by atoms with Crippen molar-refractivity contribution in [2.75, 3.05) is 26.7 Å². The lowest BCUT2D eigenvalue weighted by Crippen LogP contribution is -2.52. The topological polar surface area (TPSA) is 61.4 Å². The van der Waals surface area contributed by atoms with Gasteiger partial charge in [-0.1, -0.05) is 18.2 Å². The molecular formula is C18H23N5O. The minimum atomic E-state index is -0.00621. The Morgan fingerprint density at radius 3 is 2.67 bits per heavy atom. The molecule has 1 aromatic carbocycles. The van der Waals surface area contributed by atoms with E-state index in [-0.39, 0.29) is 11.6 Å². The lowest BCUT2D eigenvalue weighted by molar-refractivity contribution is 0.0857. The average Bonchev–Trinajstić information content (AvgIpc) is 2.86. The van der Waals surface area contributed by atoms with Crippen LogP contribution in [0.4, 0.5) is 4.79 Å². The average molecular weight is 325 g/mol. The zero-order valence-electron chi connectivity index (χ0n) is 14.2. The molecule has 24 heavy (non-hydrogen) atoms. The van der Waals surface area contributed by atoms with Gasteiger partial charge >= 0.3 is 6.03 Å². The van der Waals surface area contributed by atoms with Crippen LogP contribution in [-0.2, 0) is 6.54 Å². The van der Waals surface area contributed by atoms with Gasteiger partial charge in [0.1, 0.15) is 5.82 Å². The number of rotatable bonds is 2. The van der Waals surface area contributed by atoms with Gasteiger partial charge in [-0.2, -0.15) is 0 Å². The van der Waals surface area contributed by atoms with E-state index in [0.29, 0.717) is 0 Å². The molecule has 2 aliphatic heterocycles. The van der Waals surface area contributed by atoms with Crippen LogP contribution in [0.5, 0.6) is 0 Å². The first-order valence-corrected chi connectivity index (χ1v) is 8.54. The Labute approximate surface area is 141 Å². The number of para-hydroxylation sites is 1. The van der Waals surface area contributed by atoms with Crippen LogP contribution in [-0.4, -0.2) is 58.0 Å². The highest BCUT2D eigenvalue weighted by Crippen LogP contribution is 2.31. The number of likely N-dealkylation sites (tertiary alicyclic amines) is 1. The molecule has 1 N–H and O–H groups in total. The lowest BCUT2D eigenvalue weighted by Gasteiger charge is -2.42. The fourth-order valence-corrected chi connectivity index (χ4v) is 3.90. The highest BCUT2D eigenvalue weighted by atomic mass is 16.2. The summed E-state index contributed by atoms with van der Waals surface area (Å²) in [6, 6.07) is 8.21. The van der Waals surface area contributed by atoms with Crippen LogP contribution < -0.4 is 5.32 Å². The maximum atomic E-state index is 11.8. The van der Waals surface area contributed by atoms with E-state index in [4.69, 9.17) is 4.98 Å². The molecule has 2 saturated heterocycles. The standard InChI is InChI=1S/C18H23N5O/c1-13-14-5-3-4-6-15(14)21-16(20-13)11-23-9-7-18(8-10-23)12-19-17(24)22(18)2/h3-6H,7-12H2,1-2H3,(H,19,24). The Hall–Kier alpha value is -2.21. The van der Waals surface area contributed by atoms with Gasteiger partial charge in [0.05, 0.1) is 17.6 Å². The van der Waals surface area contributed by atoms with Crippen LogP contribution >= 0.6 is 0 Å². The normalized spacial score (nSPS) is 20.8. The predicted octanol–water partition coefficient (Wildman–Crippen LogP) is 1.93. The molecule has 0 bridgehead atoms. The number of aromatic nitrogens is 2. The smallest absolute Gasteiger partial charge is 0.317 e. The number of carbonyl (C=O) groups is 1. The summed E-state index contributed by atoms with van der Waals surface area (Å²) in [7, 11) is 1.91. The zero-order valence-corrected chi connectivity index (χ0v) is 14.2. The number of nitrogens with zero attached hydrogens (tertiary/aromatic N) is 4. The molecular weight excluding hydrogens is 302 g/mol. The summed E-state index contributed by atoms with van der Waals surface area (Å²) >= 11 is 0. The van der Waals surface area contributed by atoms with Gasteiger partial charge in [0, 0.05) is 37.8 Å². The molecule has 2 aromatic rings. The third kappa shape index (κ3) is 2.51. The summed E-state index contributed by atoms with van der Waals surface area (Å²) in [5, 5.41) is 4.09. The highest BCUT2D eigenvalue weighted by Gasteiger charge is 2.44. The molecule has 126 valence electrons. The third-order valence-corrected chi connectivity index (χ3v) is 5.58. The van der Waals surface area contributed by atoms with Crippen LogP contribution in [0.25, 0.3) is 10.9 Å². The Balaban J connectivity index is 1.47. The van der Waals surface area contributed by atoms with Crippen LogP contribution in [0.1, 0.15) is 24.4 Å². The van der Waals surface area contributed by atoms with E-state index in [9.17, 15) is 4.79 Å². The van der Waals surface area contributed by atoms with Gasteiger partial charge in [0.25, 0.3) is 0 Å². The molecule has 2 aliphatic rings. The second-order valence-electron chi connectivity index (χ2n) is 6.96. The molecule has 1 spiro atoms. The molecule has 1 aromatic heterocycles. The number of carbonyl (C=O) groups excluding carboxylic acids is 1. The van der Waals surface area contributed by atoms with Gasteiger partial charge in [-0.3, -0.25) is 4.90 Å². The van der Waals surface area contributed by atoms with E-state index in [1.165, 1.54) is 0 Å². The van der Waals surface area contributed by atoms with E-state index < -0.39 is 0 Å². The fourth-order valence-electron chi connectivity index (χ4n) is 3.90. The number of nitrogens with one attached hydrogen (secondary N) is 1. The first-order valence-electron chi connectivity index (χ1n) is 8.54. The number of aryl methyl sites for hydroxylation is 1. The van der Waals surface area contributed by atoms with E-state index >= 15 is 0 Å². The van der Waals surface area contributed by atoms with Crippen molar-refractivity contribution in [2.24, 2.45) is 0 Å². The maximum Gasteiger partial charge on any atom is 0.317 e. The van der Waals surface area contributed by atoms with Crippen LogP contribution in [0.15, 0.2) is 24.3 Å². The number of amides is 2. The van der Waals surface area contributed by atoms with E-state index in [1.807, 2.05) is 37.1 Å². The molecule has 2 amide bonds. The van der Waals surface area contributed by atoms with Gasteiger partial charge in [0.15, 0.2) is 0 Å². The zero-order chi connectivity index (χ0) is 16.7. The van der Waals surface area contributed by atoms with Crippen molar-refractivity contribution >= 4 is 16.9 Å². The molecule has 0 radical (unpaired) electrons. The Morgan fingerprint density at radius 1 is 1.21 bits per heavy atom. The van der Waals surface area contributed by atoms with Crippen molar-refractivity contribution < 1.29 is 4.79 Å². The highest BCUT2D eigenvalue weighted by molar-refractivity contribution is 5.80. The second-order valence-corrected chi connectivity index (χ2v) is 6.96. The summed E-state index contributed by atoms with van der Waals surface area (Å²) in [6.45, 7) is 5.52. The van der Waals surface area contributed by atoms with E-state index in [1.54, 1.807) is 0 Å². The third-order valence-electron chi connectivity index (χ3n) is 5.58. The quantitative estimate of drug-likeness (QED) is 0.916. The second kappa shape index (κ2) is 5.70. The van der Waals surface area contributed by atoms with Gasteiger partial charge in [-0.15, -0.1) is 0 Å². The number of fused-ring (bicyclic) bond motifs is 1. The first-order chi connectivity index (χ1) is 11.6. The Morgan fingerprint density at radius 2 is 1.96 bits per heavy atom. The molecule has 0 atom stereocenters. The lowest BCUT2D eigenvalue weighted by atomic mass is 9.87. The SMILES string of the molecule is Cc1nc(CN2CCC3(CC2)CNC(=O)N3C)nc2ccccc12. The molecule has 4 rings (SSSR count). The molecule has 3 heterocycles. The van der Waals surface area contributed by atoms with Crippen LogP contribution in [0.3, 0.4) is 0 Å². The fraction of sp³-hybridized carbons (Fsp3) is 0.500. The minimum Gasteiger partial charge on any atom is -0.336 e. The van der Waals surface area contributed by atoms with Crippen molar-refractivity contribution in [1.82, 2.24) is 25.1 Å². The van der Waals surface area contributed by atoms with Crippen molar-refractivity contribution in [3.8, 4) is 0 Å². The van der Waals surface area contributed by atoms with Gasteiger partial charge in [-0.25, -0.2) is 14.8 Å². The number of urea groups is 1. The molecule has 0 unspecified atom stereocenters. The molecule has 6 nitrogen and oxygen atoms in total. The number of benzene rings is 1. The Kier molecular flexibility index (Phi) is 3.64. The van der Waals surface area contributed by atoms with Crippen LogP contribution in [0, 0.1) is 6.92 Å². The van der Waals surface area contributed by atoms with Crippen molar-refractivity contribution in [3.63, 3.8) is 0 Å². The summed E-state index contributed by atoms with van der Waals surface area (Å²) in [4.78, 5) is 25.4. The molecule has 6 heteroatoms. The predicted molar refractivity (Wildman–Crippen MR) is 92.7 cm³/mol. The van der Waals surface area contributed by atoms with E-state index in [2.05, 4.69) is 21.3 Å². The number of hydrogen-bond acceptors (Lipinski definition) is 4. The first kappa shape index (κ1) is 15.3. The Bertz CT molecular complexity index is 782.